The van der Waals surface area contributed by atoms with Gasteiger partial charge in [0.2, 0.25) is 0 Å². The maximum Gasteiger partial charge on any atom is 0.268 e. The summed E-state index contributed by atoms with van der Waals surface area (Å²) in [6.45, 7) is 6.54. The van der Waals surface area contributed by atoms with Gasteiger partial charge in [-0.3, -0.25) is 4.57 Å². The van der Waals surface area contributed by atoms with Gasteiger partial charge in [0.1, 0.15) is 17.0 Å². The number of para-hydroxylation sites is 4. The molecule has 0 saturated carbocycles. The van der Waals surface area contributed by atoms with Crippen LogP contribution >= 0.6 is 0 Å². The zero-order valence-corrected chi connectivity index (χ0v) is 44.3. The van der Waals surface area contributed by atoms with Gasteiger partial charge in [-0.15, -0.1) is 29.7 Å². The Bertz CT molecular complexity index is 5270. The van der Waals surface area contributed by atoms with Gasteiger partial charge in [-0.05, 0) is 98.9 Å². The Kier molecular flexibility index (Phi) is 8.87. The van der Waals surface area contributed by atoms with E-state index in [1.165, 1.54) is 0 Å². The Balaban J connectivity index is 0.00000680. The van der Waals surface area contributed by atoms with Crippen molar-refractivity contribution in [2.24, 2.45) is 0 Å². The Hall–Kier alpha value is -9.29. The molecule has 0 fully saturated rings. The number of aromatic nitrogens is 5. The summed E-state index contributed by atoms with van der Waals surface area (Å²) in [7, 11) is 0. The molecule has 15 aromatic rings. The Morgan fingerprint density at radius 3 is 1.90 bits per heavy atom. The molecule has 5 aromatic heterocycles. The van der Waals surface area contributed by atoms with E-state index in [1.54, 1.807) is 33.4 Å². The van der Waals surface area contributed by atoms with Gasteiger partial charge in [0, 0.05) is 71.5 Å². The Morgan fingerprint density at radius 1 is 0.538 bits per heavy atom. The second-order valence-corrected chi connectivity index (χ2v) is 20.1. The Morgan fingerprint density at radius 2 is 1.18 bits per heavy atom. The van der Waals surface area contributed by atoms with Gasteiger partial charge in [0.05, 0.1) is 41.5 Å². The number of ether oxygens (including phenoxy) is 1. The molecule has 376 valence electrons. The largest absolute Gasteiger partial charge is 0.510 e. The molecular weight excluding hydrogens is 1140 g/mol. The smallest absolute Gasteiger partial charge is 0.268 e. The van der Waals surface area contributed by atoms with E-state index in [2.05, 4.69) is 121 Å². The summed E-state index contributed by atoms with van der Waals surface area (Å²) < 4.78 is 110. The van der Waals surface area contributed by atoms with Crippen LogP contribution in [-0.2, 0) is 26.5 Å². The van der Waals surface area contributed by atoms with Crippen LogP contribution in [0.15, 0.2) is 235 Å². The number of furan rings is 1. The van der Waals surface area contributed by atoms with E-state index >= 15 is 0 Å². The minimum atomic E-state index is -0.592. The molecule has 15 rings (SSSR count). The minimum absolute atomic E-state index is 0. The van der Waals surface area contributed by atoms with Crippen molar-refractivity contribution in [1.29, 1.82) is 0 Å². The topological polar surface area (TPSA) is 53.9 Å². The quantitative estimate of drug-likeness (QED) is 0.113. The van der Waals surface area contributed by atoms with Gasteiger partial charge in [-0.2, -0.15) is 18.2 Å². The minimum Gasteiger partial charge on any atom is -0.510 e. The molecule has 0 aliphatic carbocycles. The third kappa shape index (κ3) is 7.68. The first-order chi connectivity index (χ1) is 41.9. The first-order valence-electron chi connectivity index (χ1n) is 30.2. The molecule has 10 aromatic carbocycles. The van der Waals surface area contributed by atoms with Gasteiger partial charge in [0.25, 0.3) is 6.33 Å². The average Bonchev–Trinajstić information content (AvgIpc) is 2.32. The fourth-order valence-corrected chi connectivity index (χ4v) is 10.9. The number of fused-ring (bicyclic) bond motifs is 10. The van der Waals surface area contributed by atoms with Crippen LogP contribution in [-0.4, -0.2) is 18.7 Å². The second-order valence-electron chi connectivity index (χ2n) is 20.1. The van der Waals surface area contributed by atoms with E-state index in [4.69, 9.17) is 22.4 Å². The van der Waals surface area contributed by atoms with Crippen LogP contribution in [0.1, 0.15) is 40.0 Å². The van der Waals surface area contributed by atoms with Crippen LogP contribution < -0.4 is 9.30 Å². The normalized spacial score (nSPS) is 13.7. The molecule has 0 amide bonds. The van der Waals surface area contributed by atoms with Crippen molar-refractivity contribution in [3.8, 4) is 56.6 Å². The molecule has 78 heavy (non-hydrogen) atoms. The maximum atomic E-state index is 9.22. The van der Waals surface area contributed by atoms with Crippen molar-refractivity contribution in [3.05, 3.63) is 254 Å². The number of hydrogen-bond acceptors (Lipinski definition) is 3. The van der Waals surface area contributed by atoms with Gasteiger partial charge >= 0.3 is 0 Å². The Labute approximate surface area is 478 Å². The number of pyridine rings is 1. The summed E-state index contributed by atoms with van der Waals surface area (Å²) in [4.78, 5) is 5.00. The summed E-state index contributed by atoms with van der Waals surface area (Å²) in [6, 6.07) is 54.7. The molecule has 0 aliphatic rings. The van der Waals surface area contributed by atoms with Crippen molar-refractivity contribution < 1.29 is 48.5 Å². The zero-order valence-electron chi connectivity index (χ0n) is 52.0. The molecule has 0 bridgehead atoms. The van der Waals surface area contributed by atoms with E-state index in [0.717, 1.165) is 71.5 Å². The average molecular weight is 1200 g/mol. The summed E-state index contributed by atoms with van der Waals surface area (Å²) in [5.74, 6) is 1.44. The third-order valence-corrected chi connectivity index (χ3v) is 14.5. The summed E-state index contributed by atoms with van der Waals surface area (Å²) in [6.07, 6.45) is 5.35. The van der Waals surface area contributed by atoms with Crippen molar-refractivity contribution in [2.75, 3.05) is 0 Å². The molecule has 0 unspecified atom stereocenters. The first-order valence-corrected chi connectivity index (χ1v) is 25.2. The predicted molar refractivity (Wildman–Crippen MR) is 311 cm³/mol. The van der Waals surface area contributed by atoms with Crippen molar-refractivity contribution >= 4 is 76.6 Å². The van der Waals surface area contributed by atoms with Crippen molar-refractivity contribution in [2.45, 2.75) is 26.2 Å². The van der Waals surface area contributed by atoms with Crippen LogP contribution in [0.2, 0.25) is 0 Å². The van der Waals surface area contributed by atoms with Crippen molar-refractivity contribution in [3.63, 3.8) is 0 Å². The number of rotatable bonds is 8. The molecule has 0 saturated heterocycles. The fraction of sp³-hybridized carbons (Fsp3) is 0.0571. The van der Waals surface area contributed by atoms with E-state index in [1.807, 2.05) is 72.9 Å². The molecule has 5 heterocycles. The summed E-state index contributed by atoms with van der Waals surface area (Å²) in [5, 5.41) is 5.86. The standard InChI is InChI=1S/C70H47N5O2.Pt/c1-70(2,3)47-36-37-71-68(38-47)75-62-40-49(74-60-29-13-10-24-54(60)55-25-11-14-30-61(55)74)32-34-56(62)57-35-33-51(41-63(57)75)76-50-23-16-22-48(39-50)72-44-73(65-43-67-59(42-64(65)72)58-26-12-15-31-66(58)77-67)69-52(45-18-6-4-7-19-45)27-17-28-53(69)46-20-8-5-9-21-46;/h4-38,40,42-43H,1-3H3;/q-2;/i4D,5D,6D,7D,8D,9D,18D,19D,20D,21D;. The molecule has 0 atom stereocenters. The van der Waals surface area contributed by atoms with Gasteiger partial charge < -0.3 is 22.9 Å². The number of benzene rings is 10. The third-order valence-electron chi connectivity index (χ3n) is 14.5. The molecule has 0 spiro atoms. The SMILES string of the molecule is [2H]c1c([2H])c([2H])c(-c2cccc(-c3c([2H])c([2H])c([2H])c([2H])c3[2H])c2-[n+]2[c-]n(-c3[c-]c(Oc4[c-]c5c(cc4)c4ccc(-n6c7ccccc7c7ccccc76)cc4n5-c4cc(C(C)(C)C)ccn4)ccc3)c3cc4c(cc32)oc2ccccc24)c([2H])c1[2H].[Pt]. The first kappa shape index (κ1) is 37.5. The van der Waals surface area contributed by atoms with Gasteiger partial charge in [-0.25, -0.2) is 4.98 Å². The van der Waals surface area contributed by atoms with Gasteiger partial charge in [0.15, 0.2) is 0 Å². The predicted octanol–water partition coefficient (Wildman–Crippen LogP) is 17.2. The summed E-state index contributed by atoms with van der Waals surface area (Å²) >= 11 is 0. The van der Waals surface area contributed by atoms with E-state index in [9.17, 15) is 5.48 Å². The number of hydrogen-bond donors (Lipinski definition) is 0. The van der Waals surface area contributed by atoms with Crippen LogP contribution in [0.4, 0.5) is 0 Å². The molecule has 0 aliphatic heterocycles. The summed E-state index contributed by atoms with van der Waals surface area (Å²) in [5.41, 5.74) is 8.29. The molecule has 0 radical (unpaired) electrons. The van der Waals surface area contributed by atoms with E-state index in [0.29, 0.717) is 39.4 Å². The molecule has 7 nitrogen and oxygen atoms in total. The van der Waals surface area contributed by atoms with Crippen molar-refractivity contribution in [1.82, 2.24) is 18.7 Å². The monoisotopic (exact) mass is 1190 g/mol. The van der Waals surface area contributed by atoms with Crippen LogP contribution in [0.5, 0.6) is 11.5 Å². The van der Waals surface area contributed by atoms with Crippen LogP contribution in [0.3, 0.4) is 0 Å². The second kappa shape index (κ2) is 18.5. The van der Waals surface area contributed by atoms with Crippen LogP contribution in [0.25, 0.3) is 122 Å². The molecular formula is C70H47N5O2Pt-2. The number of imidazole rings is 1. The zero-order chi connectivity index (χ0) is 60.1. The fourth-order valence-electron chi connectivity index (χ4n) is 10.9. The van der Waals surface area contributed by atoms with Gasteiger partial charge in [-0.1, -0.05) is 166 Å². The van der Waals surface area contributed by atoms with E-state index < -0.39 is 60.4 Å². The molecule has 0 N–H and O–H groups in total. The van der Waals surface area contributed by atoms with Crippen LogP contribution in [0, 0.1) is 18.5 Å². The maximum absolute atomic E-state index is 9.22. The number of nitrogens with zero attached hydrogens (tertiary/aromatic N) is 5. The van der Waals surface area contributed by atoms with E-state index in [-0.39, 0.29) is 54.4 Å². The molecule has 8 heteroatoms.